The predicted octanol–water partition coefficient (Wildman–Crippen LogP) is -0.690. The van der Waals surface area contributed by atoms with Gasteiger partial charge in [-0.15, -0.1) is 0 Å². The molecule has 0 bridgehead atoms. The first kappa shape index (κ1) is 12.4. The van der Waals surface area contributed by atoms with Crippen molar-refractivity contribution in [3.8, 4) is 0 Å². The quantitative estimate of drug-likeness (QED) is 0.619. The highest BCUT2D eigenvalue weighted by Crippen LogP contribution is 2.02. The van der Waals surface area contributed by atoms with E-state index < -0.39 is 27.1 Å². The molecule has 0 radical (unpaired) electrons. The molecule has 0 aliphatic rings. The molecule has 0 saturated heterocycles. The summed E-state index contributed by atoms with van der Waals surface area (Å²) in [6, 6.07) is -1.09. The molecule has 0 unspecified atom stereocenters. The number of hydrogen-bond acceptors (Lipinski definition) is 5. The summed E-state index contributed by atoms with van der Waals surface area (Å²) >= 11 is 0. The van der Waals surface area contributed by atoms with Crippen molar-refractivity contribution in [1.29, 1.82) is 0 Å². The van der Waals surface area contributed by atoms with Crippen LogP contribution in [-0.2, 0) is 19.4 Å². The zero-order valence-corrected chi connectivity index (χ0v) is 8.80. The smallest absolute Gasteiger partial charge is 0.323 e. The molecule has 0 amide bonds. The molecule has 0 saturated carbocycles. The molecule has 0 spiro atoms. The SMILES string of the molecule is COC(=O)[C@@H](N)CS(=O)(=O)C(C)C. The normalized spacial score (nSPS) is 14.2. The van der Waals surface area contributed by atoms with Gasteiger partial charge in [0, 0.05) is 0 Å². The Morgan fingerprint density at radius 2 is 1.92 bits per heavy atom. The molecule has 0 aliphatic carbocycles. The van der Waals surface area contributed by atoms with Crippen LogP contribution in [0, 0.1) is 0 Å². The van der Waals surface area contributed by atoms with Crippen molar-refractivity contribution >= 4 is 15.8 Å². The molecule has 6 heteroatoms. The van der Waals surface area contributed by atoms with Crippen molar-refractivity contribution in [2.45, 2.75) is 25.1 Å². The molecule has 0 rings (SSSR count). The second-order valence-electron chi connectivity index (χ2n) is 3.01. The van der Waals surface area contributed by atoms with Crippen LogP contribution in [0.1, 0.15) is 13.8 Å². The summed E-state index contributed by atoms with van der Waals surface area (Å²) in [5.41, 5.74) is 5.30. The first-order valence-corrected chi connectivity index (χ1v) is 5.57. The predicted molar refractivity (Wildman–Crippen MR) is 48.9 cm³/mol. The minimum atomic E-state index is -3.28. The average molecular weight is 209 g/mol. The van der Waals surface area contributed by atoms with E-state index in [0.717, 1.165) is 0 Å². The summed E-state index contributed by atoms with van der Waals surface area (Å²) in [7, 11) is -2.11. The van der Waals surface area contributed by atoms with Crippen LogP contribution in [-0.4, -0.2) is 38.5 Å². The topological polar surface area (TPSA) is 86.5 Å². The molecule has 0 aromatic heterocycles. The summed E-state index contributed by atoms with van der Waals surface area (Å²) in [6.07, 6.45) is 0. The molecule has 0 heterocycles. The van der Waals surface area contributed by atoms with Gasteiger partial charge in [-0.3, -0.25) is 4.79 Å². The molecular formula is C7H15NO4S. The zero-order valence-electron chi connectivity index (χ0n) is 7.98. The van der Waals surface area contributed by atoms with Gasteiger partial charge in [-0.05, 0) is 13.8 Å². The Morgan fingerprint density at radius 3 is 2.23 bits per heavy atom. The number of rotatable bonds is 4. The van der Waals surface area contributed by atoms with Crippen LogP contribution in [0.3, 0.4) is 0 Å². The van der Waals surface area contributed by atoms with Crippen LogP contribution < -0.4 is 5.73 Å². The van der Waals surface area contributed by atoms with E-state index in [4.69, 9.17) is 5.73 Å². The van der Waals surface area contributed by atoms with Gasteiger partial charge in [0.1, 0.15) is 6.04 Å². The van der Waals surface area contributed by atoms with Gasteiger partial charge in [0.2, 0.25) is 0 Å². The van der Waals surface area contributed by atoms with Crippen LogP contribution in [0.15, 0.2) is 0 Å². The van der Waals surface area contributed by atoms with Gasteiger partial charge in [0.25, 0.3) is 0 Å². The molecular weight excluding hydrogens is 194 g/mol. The van der Waals surface area contributed by atoms with E-state index >= 15 is 0 Å². The van der Waals surface area contributed by atoms with Crippen LogP contribution in [0.25, 0.3) is 0 Å². The lowest BCUT2D eigenvalue weighted by Crippen LogP contribution is -2.40. The highest BCUT2D eigenvalue weighted by molar-refractivity contribution is 7.92. The first-order chi connectivity index (χ1) is 5.81. The van der Waals surface area contributed by atoms with E-state index in [-0.39, 0.29) is 5.75 Å². The lowest BCUT2D eigenvalue weighted by atomic mass is 10.4. The second-order valence-corrected chi connectivity index (χ2v) is 5.61. The highest BCUT2D eigenvalue weighted by Gasteiger charge is 2.24. The number of methoxy groups -OCH3 is 1. The van der Waals surface area contributed by atoms with Gasteiger partial charge in [0.05, 0.1) is 18.1 Å². The minimum absolute atomic E-state index is 0.364. The van der Waals surface area contributed by atoms with Crippen LogP contribution in [0.4, 0.5) is 0 Å². The van der Waals surface area contributed by atoms with Crippen molar-refractivity contribution in [2.75, 3.05) is 12.9 Å². The highest BCUT2D eigenvalue weighted by atomic mass is 32.2. The van der Waals surface area contributed by atoms with E-state index in [1.807, 2.05) is 0 Å². The number of nitrogens with two attached hydrogens (primary N) is 1. The third-order valence-electron chi connectivity index (χ3n) is 1.63. The maximum absolute atomic E-state index is 11.3. The maximum atomic E-state index is 11.3. The van der Waals surface area contributed by atoms with Gasteiger partial charge in [-0.1, -0.05) is 0 Å². The summed E-state index contributed by atoms with van der Waals surface area (Å²) in [4.78, 5) is 10.8. The Hall–Kier alpha value is -0.620. The summed E-state index contributed by atoms with van der Waals surface area (Å²) in [5.74, 6) is -1.07. The summed E-state index contributed by atoms with van der Waals surface area (Å²) in [6.45, 7) is 3.08. The van der Waals surface area contributed by atoms with Crippen molar-refractivity contribution in [3.05, 3.63) is 0 Å². The number of esters is 1. The lowest BCUT2D eigenvalue weighted by molar-refractivity contribution is -0.141. The lowest BCUT2D eigenvalue weighted by Gasteiger charge is -2.11. The Kier molecular flexibility index (Phi) is 4.35. The van der Waals surface area contributed by atoms with Gasteiger partial charge in [0.15, 0.2) is 9.84 Å². The first-order valence-electron chi connectivity index (χ1n) is 3.86. The van der Waals surface area contributed by atoms with Gasteiger partial charge < -0.3 is 10.5 Å². The molecule has 0 aromatic rings. The third kappa shape index (κ3) is 3.73. The molecule has 78 valence electrons. The minimum Gasteiger partial charge on any atom is -0.468 e. The van der Waals surface area contributed by atoms with Crippen LogP contribution in [0.2, 0.25) is 0 Å². The zero-order chi connectivity index (χ0) is 10.6. The van der Waals surface area contributed by atoms with Gasteiger partial charge >= 0.3 is 5.97 Å². The maximum Gasteiger partial charge on any atom is 0.323 e. The fourth-order valence-corrected chi connectivity index (χ4v) is 1.68. The standard InChI is InChI=1S/C7H15NO4S/c1-5(2)13(10,11)4-6(8)7(9)12-3/h5-6H,4,8H2,1-3H3/t6-/m0/s1. The van der Waals surface area contributed by atoms with Crippen molar-refractivity contribution < 1.29 is 17.9 Å². The number of hydrogen-bond donors (Lipinski definition) is 1. The molecule has 5 nitrogen and oxygen atoms in total. The van der Waals surface area contributed by atoms with Crippen molar-refractivity contribution in [1.82, 2.24) is 0 Å². The fourth-order valence-electron chi connectivity index (χ4n) is 0.662. The average Bonchev–Trinajstić information content (AvgIpc) is 2.01. The fraction of sp³-hybridized carbons (Fsp3) is 0.857. The largest absolute Gasteiger partial charge is 0.468 e. The van der Waals surface area contributed by atoms with E-state index in [1.54, 1.807) is 13.8 Å². The van der Waals surface area contributed by atoms with Gasteiger partial charge in [-0.2, -0.15) is 0 Å². The van der Waals surface area contributed by atoms with Crippen LogP contribution >= 0.6 is 0 Å². The van der Waals surface area contributed by atoms with E-state index in [2.05, 4.69) is 4.74 Å². The molecule has 1 atom stereocenters. The number of ether oxygens (including phenoxy) is 1. The van der Waals surface area contributed by atoms with E-state index in [1.165, 1.54) is 7.11 Å². The summed E-state index contributed by atoms with van der Waals surface area (Å²) < 4.78 is 26.9. The second kappa shape index (κ2) is 4.57. The Bertz CT molecular complexity index is 270. The van der Waals surface area contributed by atoms with Crippen LogP contribution in [0.5, 0.6) is 0 Å². The Balaban J connectivity index is 4.38. The molecule has 0 fully saturated rings. The van der Waals surface area contributed by atoms with E-state index in [0.29, 0.717) is 0 Å². The molecule has 0 aromatic carbocycles. The Morgan fingerprint density at radius 1 is 1.46 bits per heavy atom. The third-order valence-corrected chi connectivity index (χ3v) is 3.89. The number of sulfone groups is 1. The molecule has 0 aliphatic heterocycles. The summed E-state index contributed by atoms with van der Waals surface area (Å²) in [5, 5.41) is -0.525. The molecule has 2 N–H and O–H groups in total. The number of carbonyl (C=O) groups excluding carboxylic acids is 1. The monoisotopic (exact) mass is 209 g/mol. The van der Waals surface area contributed by atoms with Gasteiger partial charge in [-0.25, -0.2) is 8.42 Å². The molecule has 13 heavy (non-hydrogen) atoms. The van der Waals surface area contributed by atoms with Crippen molar-refractivity contribution in [2.24, 2.45) is 5.73 Å². The number of carbonyl (C=O) groups is 1. The van der Waals surface area contributed by atoms with Crippen molar-refractivity contribution in [3.63, 3.8) is 0 Å². The van der Waals surface area contributed by atoms with E-state index in [9.17, 15) is 13.2 Å². The Labute approximate surface area is 78.2 Å².